The third-order valence-corrected chi connectivity index (χ3v) is 16.6. The summed E-state index contributed by atoms with van der Waals surface area (Å²) in [6.07, 6.45) is 22.5. The molecule has 2 aliphatic heterocycles. The number of H-pyrrole nitrogens is 1. The fourth-order valence-electron chi connectivity index (χ4n) is 11.6. The number of nitrogens with zero attached hydrogens (tertiary/aromatic N) is 5. The minimum atomic E-state index is 0.126. The highest BCUT2D eigenvalue weighted by Crippen LogP contribution is 2.47. The summed E-state index contributed by atoms with van der Waals surface area (Å²) < 4.78 is 10.5. The van der Waals surface area contributed by atoms with Crippen molar-refractivity contribution >= 4 is 34.4 Å². The smallest absolute Gasteiger partial charge is 0.146 e. The molecule has 0 radical (unpaired) electrons. The Morgan fingerprint density at radius 3 is 2.53 bits per heavy atom. The van der Waals surface area contributed by atoms with Crippen molar-refractivity contribution in [3.63, 3.8) is 0 Å². The zero-order valence-electron chi connectivity index (χ0n) is 40.5. The van der Waals surface area contributed by atoms with Gasteiger partial charge in [-0.05, 0) is 138 Å². The van der Waals surface area contributed by atoms with Crippen LogP contribution in [0.2, 0.25) is 0 Å². The van der Waals surface area contributed by atoms with Gasteiger partial charge in [-0.3, -0.25) is 4.90 Å². The fourth-order valence-corrected chi connectivity index (χ4v) is 12.8. The Morgan fingerprint density at radius 2 is 1.78 bits per heavy atom. The Morgan fingerprint density at radius 1 is 0.984 bits per heavy atom. The molecule has 0 spiro atoms. The minimum Gasteiger partial charge on any atom is -0.455 e. The zero-order valence-corrected chi connectivity index (χ0v) is 41.4. The summed E-state index contributed by atoms with van der Waals surface area (Å²) in [5.74, 6) is 2.93. The summed E-state index contributed by atoms with van der Waals surface area (Å²) in [6, 6.07) is 10.8. The number of rotatable bonds is 17. The van der Waals surface area contributed by atoms with E-state index >= 15 is 0 Å². The van der Waals surface area contributed by atoms with Crippen molar-refractivity contribution in [2.24, 2.45) is 22.7 Å². The second-order valence-electron chi connectivity index (χ2n) is 21.1. The number of nitrogens with one attached hydrogen (secondary N) is 3. The molecule has 64 heavy (non-hydrogen) atoms. The number of fused-ring (bicyclic) bond motifs is 1. The summed E-state index contributed by atoms with van der Waals surface area (Å²) in [7, 11) is 4.36. The van der Waals surface area contributed by atoms with Crippen molar-refractivity contribution in [1.82, 2.24) is 34.7 Å². The maximum atomic E-state index is 6.78. The van der Waals surface area contributed by atoms with Gasteiger partial charge in [0.05, 0.1) is 6.20 Å². The van der Waals surface area contributed by atoms with E-state index in [2.05, 4.69) is 131 Å². The van der Waals surface area contributed by atoms with Crippen LogP contribution in [-0.4, -0.2) is 109 Å². The number of anilines is 1. The van der Waals surface area contributed by atoms with Gasteiger partial charge in [-0.15, -0.1) is 0 Å². The lowest BCUT2D eigenvalue weighted by molar-refractivity contribution is 0.150. The second-order valence-corrected chi connectivity index (χ2v) is 22.2. The summed E-state index contributed by atoms with van der Waals surface area (Å²) in [6.45, 7) is 28.0. The summed E-state index contributed by atoms with van der Waals surface area (Å²) in [5, 5.41) is 5.12. The molecule has 2 saturated heterocycles. The number of piperazine rings is 2. The number of ether oxygens (including phenoxy) is 1. The highest BCUT2D eigenvalue weighted by molar-refractivity contribution is 7.98. The van der Waals surface area contributed by atoms with Crippen LogP contribution in [0.15, 0.2) is 83.9 Å². The van der Waals surface area contributed by atoms with Crippen LogP contribution in [0.5, 0.6) is 11.5 Å². The number of hydrogen-bond donors (Lipinski definition) is 3. The van der Waals surface area contributed by atoms with E-state index in [-0.39, 0.29) is 5.41 Å². The molecular weight excluding hydrogens is 809 g/mol. The number of likely N-dealkylation sites (N-methyl/N-ethyl adjacent to an activating group) is 1. The van der Waals surface area contributed by atoms with Gasteiger partial charge in [0, 0.05) is 117 Å². The predicted molar refractivity (Wildman–Crippen MR) is 272 cm³/mol. The van der Waals surface area contributed by atoms with Crippen LogP contribution in [0.4, 0.5) is 5.69 Å². The van der Waals surface area contributed by atoms with Crippen molar-refractivity contribution < 1.29 is 4.74 Å². The fraction of sp³-hybridized carbons (Fsp3) is 0.611. The number of unbranched alkanes of at least 4 members (excludes halogenated alkanes) is 1. The summed E-state index contributed by atoms with van der Waals surface area (Å²) >= 11 is 1.84. The van der Waals surface area contributed by atoms with E-state index in [9.17, 15) is 0 Å². The average molecular weight is 889 g/mol. The Kier molecular flexibility index (Phi) is 15.3. The van der Waals surface area contributed by atoms with Gasteiger partial charge in [0.2, 0.25) is 0 Å². The lowest BCUT2D eigenvalue weighted by Gasteiger charge is -2.41. The summed E-state index contributed by atoms with van der Waals surface area (Å²) in [4.78, 5) is 18.2. The number of allylic oxidation sites excluding steroid dienone is 5. The molecule has 3 N–H and O–H groups in total. The van der Waals surface area contributed by atoms with Crippen molar-refractivity contribution in [2.45, 2.75) is 110 Å². The SMILES string of the molecule is C=C(NSC1CC(C)=C(NC)[C@@](C)(CCCCN2CCN(C)CC2)C1)c1ccc(N2CCN(CC3=C(C4C=CC(CC)CC4)CC(C)(C)CC3)CC2)cc1Oc1cnc2[nH]ccc2c1. The number of hydrogen-bond acceptors (Lipinski definition) is 9. The number of pyridine rings is 1. The monoisotopic (exact) mass is 889 g/mol. The van der Waals surface area contributed by atoms with E-state index in [0.717, 1.165) is 85.3 Å². The van der Waals surface area contributed by atoms with E-state index in [1.807, 2.05) is 30.4 Å². The average Bonchev–Trinajstić information content (AvgIpc) is 3.77. The summed E-state index contributed by atoms with van der Waals surface area (Å²) in [5.41, 5.74) is 10.9. The normalized spacial score (nSPS) is 26.2. The van der Waals surface area contributed by atoms with Crippen LogP contribution >= 0.6 is 11.9 Å². The van der Waals surface area contributed by atoms with E-state index in [4.69, 9.17) is 4.74 Å². The third kappa shape index (κ3) is 11.4. The lowest BCUT2D eigenvalue weighted by atomic mass is 9.69. The molecule has 4 heterocycles. The van der Waals surface area contributed by atoms with Crippen molar-refractivity contribution in [1.29, 1.82) is 0 Å². The molecule has 3 unspecified atom stereocenters. The van der Waals surface area contributed by atoms with Crippen LogP contribution < -0.4 is 19.7 Å². The molecule has 8 rings (SSSR count). The molecule has 1 aromatic carbocycles. The molecular formula is C54H80N8OS. The van der Waals surface area contributed by atoms with E-state index in [0.29, 0.717) is 16.6 Å². The quantitative estimate of drug-likeness (QED) is 0.0698. The van der Waals surface area contributed by atoms with Gasteiger partial charge in [0.1, 0.15) is 17.1 Å². The molecule has 4 atom stereocenters. The van der Waals surface area contributed by atoms with Gasteiger partial charge >= 0.3 is 0 Å². The molecule has 2 aromatic heterocycles. The van der Waals surface area contributed by atoms with Gasteiger partial charge in [-0.25, -0.2) is 4.98 Å². The molecule has 3 aromatic rings. The molecule has 0 amide bonds. The van der Waals surface area contributed by atoms with Crippen LogP contribution in [0.3, 0.4) is 0 Å². The first-order valence-corrected chi connectivity index (χ1v) is 25.8. The van der Waals surface area contributed by atoms with Crippen LogP contribution in [0, 0.1) is 22.7 Å². The molecule has 2 fully saturated rings. The van der Waals surface area contributed by atoms with Gasteiger partial charge in [-0.2, -0.15) is 0 Å². The second kappa shape index (κ2) is 20.9. The van der Waals surface area contributed by atoms with Gasteiger partial charge in [0.25, 0.3) is 0 Å². The first-order chi connectivity index (χ1) is 30.9. The lowest BCUT2D eigenvalue weighted by Crippen LogP contribution is -2.47. The van der Waals surface area contributed by atoms with E-state index < -0.39 is 0 Å². The standard InChI is InChI=1S/C54H80N8OS/c1-9-41-12-14-42(15-13-41)49-36-53(4,5)21-18-44(49)38-61-28-30-62(31-29-61)45-16-17-48(50(34-45)63-46-33-43-19-22-56-52(43)57-37-46)40(3)58-64-47-32-39(2)51(55-7)54(6,35-47)20-10-11-23-60-26-24-59(8)25-27-60/h12,14,16-17,19,22,33-34,37,41-42,47,55,58H,3,9-11,13,15,18,20-21,23-32,35-36,38H2,1-2,4-8H3,(H,56,57)/t41?,42?,47?,54-/m0/s1. The number of benzene rings is 1. The zero-order chi connectivity index (χ0) is 44.8. The molecule has 0 saturated carbocycles. The molecule has 9 nitrogen and oxygen atoms in total. The first-order valence-electron chi connectivity index (χ1n) is 24.9. The molecule has 10 heteroatoms. The van der Waals surface area contributed by atoms with Gasteiger partial charge in [0.15, 0.2) is 0 Å². The van der Waals surface area contributed by atoms with Crippen molar-refractivity contribution in [3.05, 3.63) is 89.4 Å². The topological polar surface area (TPSA) is 74.9 Å². The van der Waals surface area contributed by atoms with E-state index in [1.54, 1.807) is 11.1 Å². The number of aromatic amines is 1. The Balaban J connectivity index is 0.927. The van der Waals surface area contributed by atoms with Gasteiger partial charge < -0.3 is 34.5 Å². The minimum absolute atomic E-state index is 0.126. The maximum Gasteiger partial charge on any atom is 0.146 e. The molecule has 348 valence electrons. The van der Waals surface area contributed by atoms with Crippen LogP contribution in [0.25, 0.3) is 16.7 Å². The van der Waals surface area contributed by atoms with Crippen molar-refractivity contribution in [2.75, 3.05) is 84.4 Å². The molecule has 5 aliphatic rings. The van der Waals surface area contributed by atoms with Crippen LogP contribution in [0.1, 0.15) is 111 Å². The molecule has 3 aliphatic carbocycles. The Labute approximate surface area is 390 Å². The predicted octanol–water partition coefficient (Wildman–Crippen LogP) is 11.3. The maximum absolute atomic E-state index is 6.78. The molecule has 0 bridgehead atoms. The van der Waals surface area contributed by atoms with Crippen molar-refractivity contribution in [3.8, 4) is 11.5 Å². The van der Waals surface area contributed by atoms with Crippen LogP contribution in [-0.2, 0) is 0 Å². The largest absolute Gasteiger partial charge is 0.455 e. The third-order valence-electron chi connectivity index (χ3n) is 15.6. The number of aromatic nitrogens is 2. The Hall–Kier alpha value is -3.70. The van der Waals surface area contributed by atoms with E-state index in [1.165, 1.54) is 107 Å². The Bertz CT molecular complexity index is 2160. The first kappa shape index (κ1) is 46.8. The highest BCUT2D eigenvalue weighted by atomic mass is 32.2. The highest BCUT2D eigenvalue weighted by Gasteiger charge is 2.38. The van der Waals surface area contributed by atoms with Gasteiger partial charge in [-0.1, -0.05) is 69.6 Å².